The van der Waals surface area contributed by atoms with Crippen LogP contribution < -0.4 is 5.32 Å². The maximum absolute atomic E-state index is 14.4. The van der Waals surface area contributed by atoms with Crippen LogP contribution in [0.2, 0.25) is 0 Å². The van der Waals surface area contributed by atoms with E-state index < -0.39 is 35.6 Å². The van der Waals surface area contributed by atoms with E-state index in [1.165, 1.54) is 17.2 Å². The van der Waals surface area contributed by atoms with Gasteiger partial charge in [0.2, 0.25) is 0 Å². The Labute approximate surface area is 146 Å². The zero-order chi connectivity index (χ0) is 18.5. The van der Waals surface area contributed by atoms with Crippen LogP contribution in [0.5, 0.6) is 0 Å². The molecule has 0 bridgehead atoms. The first kappa shape index (κ1) is 17.0. The molecule has 9 heteroatoms. The van der Waals surface area contributed by atoms with Gasteiger partial charge >= 0.3 is 12.2 Å². The van der Waals surface area contributed by atoms with Gasteiger partial charge in [-0.3, -0.25) is 4.99 Å². The highest BCUT2D eigenvalue weighted by Gasteiger charge is 2.47. The summed E-state index contributed by atoms with van der Waals surface area (Å²) in [6.07, 6.45) is -1.96. The second-order valence-electron chi connectivity index (χ2n) is 6.64. The molecule has 2 saturated heterocycles. The number of nitrogens with one attached hydrogen (secondary N) is 1. The molecule has 26 heavy (non-hydrogen) atoms. The molecule has 0 aliphatic carbocycles. The van der Waals surface area contributed by atoms with Crippen LogP contribution in [-0.2, 0) is 10.9 Å². The lowest BCUT2D eigenvalue weighted by molar-refractivity contribution is -0.137. The highest BCUT2D eigenvalue weighted by atomic mass is 19.4. The van der Waals surface area contributed by atoms with Crippen LogP contribution in [0, 0.1) is 0 Å². The fraction of sp³-hybridized carbons (Fsp3) is 0.412. The van der Waals surface area contributed by atoms with E-state index in [9.17, 15) is 22.4 Å². The average molecular weight is 369 g/mol. The summed E-state index contributed by atoms with van der Waals surface area (Å²) in [6, 6.07) is 3.86. The summed E-state index contributed by atoms with van der Waals surface area (Å²) < 4.78 is 58.0. The molecule has 0 radical (unpaired) electrons. The molecule has 138 valence electrons. The van der Waals surface area contributed by atoms with Gasteiger partial charge in [0.25, 0.3) is 0 Å². The van der Waals surface area contributed by atoms with Gasteiger partial charge in [-0.25, -0.2) is 9.18 Å². The van der Waals surface area contributed by atoms with Gasteiger partial charge in [-0.05, 0) is 29.3 Å². The highest BCUT2D eigenvalue weighted by Crippen LogP contribution is 2.33. The van der Waals surface area contributed by atoms with Crippen molar-refractivity contribution >= 4 is 17.8 Å². The van der Waals surface area contributed by atoms with Gasteiger partial charge in [0.05, 0.1) is 31.4 Å². The Morgan fingerprint density at radius 3 is 2.77 bits per heavy atom. The third-order valence-corrected chi connectivity index (χ3v) is 4.64. The monoisotopic (exact) mass is 369 g/mol. The van der Waals surface area contributed by atoms with Crippen LogP contribution in [-0.4, -0.2) is 54.8 Å². The van der Waals surface area contributed by atoms with Crippen molar-refractivity contribution in [2.24, 2.45) is 4.99 Å². The molecule has 4 rings (SSSR count). The third kappa shape index (κ3) is 2.96. The molecule has 3 aliphatic heterocycles. The van der Waals surface area contributed by atoms with E-state index in [2.05, 4.69) is 10.3 Å². The minimum absolute atomic E-state index is 0.0817. The zero-order valence-corrected chi connectivity index (χ0v) is 13.5. The van der Waals surface area contributed by atoms with E-state index in [-0.39, 0.29) is 19.8 Å². The Bertz CT molecular complexity index is 801. The van der Waals surface area contributed by atoms with Gasteiger partial charge in [0, 0.05) is 6.21 Å². The van der Waals surface area contributed by atoms with E-state index in [1.807, 2.05) is 0 Å². The van der Waals surface area contributed by atoms with Gasteiger partial charge in [0.15, 0.2) is 5.67 Å². The maximum atomic E-state index is 14.4. The van der Waals surface area contributed by atoms with E-state index >= 15 is 0 Å². The van der Waals surface area contributed by atoms with Crippen molar-refractivity contribution in [2.75, 3.05) is 19.8 Å². The number of carbonyl (C=O) groups excluding carboxylic acids is 1. The van der Waals surface area contributed by atoms with E-state index in [0.717, 1.165) is 12.1 Å². The van der Waals surface area contributed by atoms with Gasteiger partial charge in [0.1, 0.15) is 6.17 Å². The number of hydrogen-bond donors (Lipinski definition) is 1. The number of rotatable bonds is 3. The van der Waals surface area contributed by atoms with Crippen molar-refractivity contribution in [2.45, 2.75) is 24.1 Å². The largest absolute Gasteiger partial charge is 0.416 e. The quantitative estimate of drug-likeness (QED) is 0.833. The van der Waals surface area contributed by atoms with E-state index in [1.54, 1.807) is 12.1 Å². The fourth-order valence-corrected chi connectivity index (χ4v) is 3.24. The molecule has 1 aromatic carbocycles. The molecule has 1 N–H and O–H groups in total. The summed E-state index contributed by atoms with van der Waals surface area (Å²) in [5.74, 6) is 0. The summed E-state index contributed by atoms with van der Waals surface area (Å²) in [5.41, 5.74) is -1.57. The number of urea groups is 1. The highest BCUT2D eigenvalue weighted by molar-refractivity contribution is 6.11. The molecule has 5 nitrogen and oxygen atoms in total. The Morgan fingerprint density at radius 1 is 1.35 bits per heavy atom. The Hall–Kier alpha value is -2.42. The Kier molecular flexibility index (Phi) is 3.80. The third-order valence-electron chi connectivity index (χ3n) is 4.64. The van der Waals surface area contributed by atoms with Crippen molar-refractivity contribution in [3.63, 3.8) is 0 Å². The molecule has 2 unspecified atom stereocenters. The molecule has 2 fully saturated rings. The number of aliphatic imine (C=N–C) groups is 1. The Balaban J connectivity index is 1.62. The number of allylic oxidation sites excluding steroid dienone is 1. The van der Waals surface area contributed by atoms with Crippen molar-refractivity contribution in [1.82, 2.24) is 10.2 Å². The molecule has 2 amide bonds. The smallest absolute Gasteiger partial charge is 0.374 e. The molecule has 2 atom stereocenters. The van der Waals surface area contributed by atoms with Gasteiger partial charge in [-0.2, -0.15) is 13.2 Å². The lowest BCUT2D eigenvalue weighted by Gasteiger charge is -2.38. The van der Waals surface area contributed by atoms with E-state index in [4.69, 9.17) is 4.74 Å². The lowest BCUT2D eigenvalue weighted by atomic mass is 9.97. The van der Waals surface area contributed by atoms with Crippen LogP contribution in [0.3, 0.4) is 0 Å². The van der Waals surface area contributed by atoms with Crippen molar-refractivity contribution in [3.05, 3.63) is 41.5 Å². The molecule has 0 spiro atoms. The van der Waals surface area contributed by atoms with Crippen LogP contribution in [0.4, 0.5) is 22.4 Å². The van der Waals surface area contributed by atoms with Gasteiger partial charge in [-0.1, -0.05) is 12.1 Å². The maximum Gasteiger partial charge on any atom is 0.416 e. The number of dihydropyridines is 1. The molecule has 1 aromatic rings. The molecule has 3 aliphatic rings. The summed E-state index contributed by atoms with van der Waals surface area (Å²) in [7, 11) is 0. The molecule has 0 saturated carbocycles. The topological polar surface area (TPSA) is 53.9 Å². The molecule has 3 heterocycles. The SMILES string of the molecule is O=C1NC2N=CC(c3cccc(C(F)(F)F)c3)=CC2N1CC1(F)COC1. The fourth-order valence-electron chi connectivity index (χ4n) is 3.24. The van der Waals surface area contributed by atoms with Crippen LogP contribution in [0.1, 0.15) is 11.1 Å². The summed E-state index contributed by atoms with van der Waals surface area (Å²) in [6.45, 7) is -0.314. The minimum Gasteiger partial charge on any atom is -0.374 e. The first-order valence-corrected chi connectivity index (χ1v) is 8.02. The Morgan fingerprint density at radius 2 is 2.12 bits per heavy atom. The van der Waals surface area contributed by atoms with Crippen LogP contribution in [0.15, 0.2) is 35.3 Å². The van der Waals surface area contributed by atoms with Crippen molar-refractivity contribution in [3.8, 4) is 0 Å². The number of nitrogens with zero attached hydrogens (tertiary/aromatic N) is 2. The number of fused-ring (bicyclic) bond motifs is 1. The van der Waals surface area contributed by atoms with E-state index in [0.29, 0.717) is 11.1 Å². The number of halogens is 4. The number of alkyl halides is 4. The molecule has 0 aromatic heterocycles. The normalized spacial score (nSPS) is 26.8. The lowest BCUT2D eigenvalue weighted by Crippen LogP contribution is -2.55. The van der Waals surface area contributed by atoms with Gasteiger partial charge in [-0.15, -0.1) is 0 Å². The summed E-state index contributed by atoms with van der Waals surface area (Å²) in [5, 5.41) is 2.64. The molecular formula is C17H15F4N3O2. The standard InChI is InChI=1S/C17H15F4N3O2/c18-16(8-26-9-16)7-24-13-5-11(6-22-14(13)23-15(24)25)10-2-1-3-12(4-10)17(19,20)21/h1-6,13-14H,7-9H2,(H,23,25). The van der Waals surface area contributed by atoms with Crippen molar-refractivity contribution in [1.29, 1.82) is 0 Å². The number of ether oxygens (including phenoxy) is 1. The first-order valence-electron chi connectivity index (χ1n) is 8.02. The second-order valence-corrected chi connectivity index (χ2v) is 6.64. The average Bonchev–Trinajstić information content (AvgIpc) is 2.88. The van der Waals surface area contributed by atoms with Crippen LogP contribution >= 0.6 is 0 Å². The predicted octanol–water partition coefficient (Wildman–Crippen LogP) is 2.63. The second kappa shape index (κ2) is 5.80. The number of carbonyl (C=O) groups is 1. The van der Waals surface area contributed by atoms with Gasteiger partial charge < -0.3 is 15.0 Å². The minimum atomic E-state index is -4.45. The van der Waals surface area contributed by atoms with Crippen LogP contribution in [0.25, 0.3) is 5.57 Å². The molecular weight excluding hydrogens is 354 g/mol. The predicted molar refractivity (Wildman–Crippen MR) is 85.4 cm³/mol. The summed E-state index contributed by atoms with van der Waals surface area (Å²) >= 11 is 0. The zero-order valence-electron chi connectivity index (χ0n) is 13.5. The van der Waals surface area contributed by atoms with Crippen molar-refractivity contribution < 1.29 is 27.1 Å². The number of hydrogen-bond acceptors (Lipinski definition) is 3. The first-order chi connectivity index (χ1) is 12.3. The number of benzene rings is 1. The summed E-state index contributed by atoms with van der Waals surface area (Å²) in [4.78, 5) is 17.7. The number of amides is 2.